The van der Waals surface area contributed by atoms with Crippen LogP contribution in [0.2, 0.25) is 0 Å². The molecule has 0 unspecified atom stereocenters. The number of rotatable bonds is 9. The predicted molar refractivity (Wildman–Crippen MR) is 127 cm³/mol. The first-order valence-corrected chi connectivity index (χ1v) is 11.0. The SMILES string of the molecule is CO[C@@H](CO)[C@@H](Cc1ncccn1)NC(=O)c1cccc(F)c1C1=NCC(c2ccc(F)cc2)=C1. The number of hydrogen-bond acceptors (Lipinski definition) is 6. The number of halogens is 2. The number of hydrogen-bond donors (Lipinski definition) is 2. The van der Waals surface area contributed by atoms with Crippen molar-refractivity contribution in [1.29, 1.82) is 0 Å². The molecule has 2 N–H and O–H groups in total. The van der Waals surface area contributed by atoms with Crippen molar-refractivity contribution in [3.63, 3.8) is 0 Å². The second kappa shape index (κ2) is 11.1. The van der Waals surface area contributed by atoms with E-state index in [4.69, 9.17) is 4.74 Å². The van der Waals surface area contributed by atoms with E-state index in [0.29, 0.717) is 11.5 Å². The zero-order valence-corrected chi connectivity index (χ0v) is 19.0. The number of methoxy groups -OCH3 is 1. The molecule has 35 heavy (non-hydrogen) atoms. The maximum atomic E-state index is 15.0. The molecule has 1 aromatic heterocycles. The van der Waals surface area contributed by atoms with Crippen LogP contribution in [0.15, 0.2) is 72.0 Å². The van der Waals surface area contributed by atoms with Crippen LogP contribution in [-0.2, 0) is 11.2 Å². The number of aliphatic imine (C=N–C) groups is 1. The monoisotopic (exact) mass is 478 g/mol. The van der Waals surface area contributed by atoms with Crippen molar-refractivity contribution in [2.45, 2.75) is 18.6 Å². The Labute approximate surface area is 201 Å². The highest BCUT2D eigenvalue weighted by atomic mass is 19.1. The number of aromatic nitrogens is 2. The number of nitrogens with zero attached hydrogens (tertiary/aromatic N) is 3. The molecule has 9 heteroatoms. The van der Waals surface area contributed by atoms with Gasteiger partial charge in [-0.3, -0.25) is 9.79 Å². The molecule has 7 nitrogen and oxygen atoms in total. The number of carbonyl (C=O) groups is 1. The molecule has 4 rings (SSSR count). The van der Waals surface area contributed by atoms with E-state index in [2.05, 4.69) is 20.3 Å². The van der Waals surface area contributed by atoms with Crippen molar-refractivity contribution < 1.29 is 23.4 Å². The summed E-state index contributed by atoms with van der Waals surface area (Å²) >= 11 is 0. The lowest BCUT2D eigenvalue weighted by Crippen LogP contribution is -2.47. The summed E-state index contributed by atoms with van der Waals surface area (Å²) in [7, 11) is 1.43. The number of aliphatic hydroxyl groups excluding tert-OH is 1. The molecule has 180 valence electrons. The van der Waals surface area contributed by atoms with E-state index >= 15 is 0 Å². The van der Waals surface area contributed by atoms with Crippen molar-refractivity contribution in [2.75, 3.05) is 20.3 Å². The molecule has 3 aromatic rings. The fourth-order valence-corrected chi connectivity index (χ4v) is 3.91. The normalized spacial score (nSPS) is 14.7. The van der Waals surface area contributed by atoms with Gasteiger partial charge in [-0.1, -0.05) is 18.2 Å². The van der Waals surface area contributed by atoms with E-state index in [1.807, 2.05) is 0 Å². The summed E-state index contributed by atoms with van der Waals surface area (Å²) in [5.41, 5.74) is 2.03. The molecule has 0 saturated carbocycles. The minimum atomic E-state index is -0.728. The van der Waals surface area contributed by atoms with Crippen LogP contribution in [0, 0.1) is 11.6 Å². The van der Waals surface area contributed by atoms with Crippen molar-refractivity contribution in [2.24, 2.45) is 4.99 Å². The molecule has 0 bridgehead atoms. The third-order valence-electron chi connectivity index (χ3n) is 5.73. The highest BCUT2D eigenvalue weighted by Crippen LogP contribution is 2.25. The Hall–Kier alpha value is -3.82. The van der Waals surface area contributed by atoms with Crippen molar-refractivity contribution >= 4 is 17.2 Å². The fraction of sp³-hybridized carbons (Fsp3) is 0.231. The first-order chi connectivity index (χ1) is 17.0. The molecule has 0 radical (unpaired) electrons. The van der Waals surface area contributed by atoms with Crippen LogP contribution < -0.4 is 5.32 Å². The van der Waals surface area contributed by atoms with Crippen LogP contribution in [0.25, 0.3) is 5.57 Å². The first kappa shape index (κ1) is 24.3. The molecule has 0 saturated heterocycles. The Kier molecular flexibility index (Phi) is 7.69. The van der Waals surface area contributed by atoms with E-state index < -0.39 is 23.9 Å². The van der Waals surface area contributed by atoms with Gasteiger partial charge in [-0.05, 0) is 47.5 Å². The number of nitrogens with one attached hydrogen (secondary N) is 1. The van der Waals surface area contributed by atoms with E-state index in [-0.39, 0.29) is 36.5 Å². The maximum Gasteiger partial charge on any atom is 0.252 e. The molecule has 0 fully saturated rings. The summed E-state index contributed by atoms with van der Waals surface area (Å²) in [4.78, 5) is 26.1. The van der Waals surface area contributed by atoms with Crippen LogP contribution in [-0.4, -0.2) is 59.1 Å². The molecule has 0 spiro atoms. The summed E-state index contributed by atoms with van der Waals surface area (Å²) < 4.78 is 33.6. The minimum Gasteiger partial charge on any atom is -0.394 e. The van der Waals surface area contributed by atoms with Gasteiger partial charge in [0.25, 0.3) is 5.91 Å². The molecule has 1 amide bonds. The molecule has 2 atom stereocenters. The summed E-state index contributed by atoms with van der Waals surface area (Å²) in [6, 6.07) is 11.2. The van der Waals surface area contributed by atoms with Gasteiger partial charge in [0.05, 0.1) is 30.5 Å². The van der Waals surface area contributed by atoms with Crippen LogP contribution in [0.1, 0.15) is 27.3 Å². The number of amides is 1. The summed E-state index contributed by atoms with van der Waals surface area (Å²) in [5.74, 6) is -1.04. The Morgan fingerprint density at radius 2 is 1.86 bits per heavy atom. The molecule has 1 aliphatic rings. The van der Waals surface area contributed by atoms with Gasteiger partial charge in [0.1, 0.15) is 23.6 Å². The molecule has 2 heterocycles. The topological polar surface area (TPSA) is 96.7 Å². The van der Waals surface area contributed by atoms with Gasteiger partial charge in [0.2, 0.25) is 0 Å². The summed E-state index contributed by atoms with van der Waals surface area (Å²) in [6.45, 7) is -0.0681. The van der Waals surface area contributed by atoms with Crippen molar-refractivity contribution in [3.05, 3.63) is 101 Å². The van der Waals surface area contributed by atoms with Crippen LogP contribution >= 0.6 is 0 Å². The van der Waals surface area contributed by atoms with Crippen molar-refractivity contribution in [3.8, 4) is 0 Å². The van der Waals surface area contributed by atoms with Gasteiger partial charge in [-0.15, -0.1) is 0 Å². The third kappa shape index (κ3) is 5.64. The minimum absolute atomic E-state index is 0.0646. The Morgan fingerprint density at radius 3 is 2.54 bits per heavy atom. The third-order valence-corrected chi connectivity index (χ3v) is 5.73. The van der Waals surface area contributed by atoms with Crippen LogP contribution in [0.4, 0.5) is 8.78 Å². The van der Waals surface area contributed by atoms with Gasteiger partial charge in [-0.25, -0.2) is 18.7 Å². The molecule has 0 aliphatic carbocycles. The Bertz CT molecular complexity index is 1240. The van der Waals surface area contributed by atoms with E-state index in [1.165, 1.54) is 37.4 Å². The van der Waals surface area contributed by atoms with Crippen molar-refractivity contribution in [1.82, 2.24) is 15.3 Å². The molecule has 1 aliphatic heterocycles. The zero-order valence-electron chi connectivity index (χ0n) is 19.0. The summed E-state index contributed by atoms with van der Waals surface area (Å²) in [5, 5.41) is 12.6. The number of benzene rings is 2. The van der Waals surface area contributed by atoms with Crippen LogP contribution in [0.3, 0.4) is 0 Å². The standard InChI is InChI=1S/C26H24F2N4O3/c1-35-23(15-33)21(13-24-29-10-3-11-30-24)32-26(34)19-4-2-5-20(28)25(19)22-12-17(14-31-22)16-6-8-18(27)9-7-16/h2-12,21,23,33H,13-15H2,1H3,(H,32,34)/t21-,23+/m1/s1. The highest BCUT2D eigenvalue weighted by Gasteiger charge is 2.27. The van der Waals surface area contributed by atoms with Gasteiger partial charge >= 0.3 is 0 Å². The number of aliphatic hydroxyl groups is 1. The quantitative estimate of drug-likeness (QED) is 0.493. The maximum absolute atomic E-state index is 15.0. The lowest BCUT2D eigenvalue weighted by molar-refractivity contribution is 0.0211. The van der Waals surface area contributed by atoms with Gasteiger partial charge in [-0.2, -0.15) is 0 Å². The number of allylic oxidation sites excluding steroid dienone is 1. The first-order valence-electron chi connectivity index (χ1n) is 11.0. The molecule has 2 aromatic carbocycles. The average Bonchev–Trinajstić information content (AvgIpc) is 3.35. The van der Waals surface area contributed by atoms with Gasteiger partial charge in [0, 0.05) is 31.5 Å². The van der Waals surface area contributed by atoms with E-state index in [9.17, 15) is 18.7 Å². The summed E-state index contributed by atoms with van der Waals surface area (Å²) in [6.07, 6.45) is 4.33. The largest absolute Gasteiger partial charge is 0.394 e. The smallest absolute Gasteiger partial charge is 0.252 e. The lowest BCUT2D eigenvalue weighted by Gasteiger charge is -2.25. The highest BCUT2D eigenvalue weighted by molar-refractivity contribution is 6.19. The number of ether oxygens (including phenoxy) is 1. The lowest BCUT2D eigenvalue weighted by atomic mass is 9.98. The van der Waals surface area contributed by atoms with Crippen LogP contribution in [0.5, 0.6) is 0 Å². The average molecular weight is 478 g/mol. The fourth-order valence-electron chi connectivity index (χ4n) is 3.91. The zero-order chi connectivity index (χ0) is 24.8. The number of carbonyl (C=O) groups excluding carboxylic acids is 1. The molecular formula is C26H24F2N4O3. The predicted octanol–water partition coefficient (Wildman–Crippen LogP) is 2.99. The molecular weight excluding hydrogens is 454 g/mol. The van der Waals surface area contributed by atoms with Gasteiger partial charge < -0.3 is 15.2 Å². The second-order valence-corrected chi connectivity index (χ2v) is 7.95. The van der Waals surface area contributed by atoms with Gasteiger partial charge in [0.15, 0.2) is 0 Å². The van der Waals surface area contributed by atoms with E-state index in [1.54, 1.807) is 36.7 Å². The Balaban J connectivity index is 1.62. The van der Waals surface area contributed by atoms with E-state index in [0.717, 1.165) is 11.1 Å². The Morgan fingerprint density at radius 1 is 1.11 bits per heavy atom. The second-order valence-electron chi connectivity index (χ2n) is 7.95.